The standard InChI is InChI=1S/C13H14N6O7S2/c14-5-1-2-6(9(10(5)22)11(15)23)26-8(21)4-3-7(20)17-12-18-19-13(27-12)28(16,24)25/h1-2,22H,3-4,14H2,(H2,15,23)(H2,16,24,25)(H,17,18,20). The highest BCUT2D eigenvalue weighted by molar-refractivity contribution is 7.91. The van der Waals surface area contributed by atoms with E-state index >= 15 is 0 Å². The Morgan fingerprint density at radius 2 is 1.89 bits per heavy atom. The number of phenols is 1. The van der Waals surface area contributed by atoms with Crippen LogP contribution in [0.2, 0.25) is 0 Å². The molecule has 0 radical (unpaired) electrons. The number of carbonyl (C=O) groups excluding carboxylic acids is 3. The molecule has 1 aromatic heterocycles. The van der Waals surface area contributed by atoms with Gasteiger partial charge >= 0.3 is 5.97 Å². The number of aromatic hydroxyl groups is 1. The number of aromatic nitrogens is 2. The molecule has 0 atom stereocenters. The highest BCUT2D eigenvalue weighted by Gasteiger charge is 2.21. The number of nitrogens with zero attached hydrogens (tertiary/aromatic N) is 2. The van der Waals surface area contributed by atoms with Crippen LogP contribution >= 0.6 is 11.3 Å². The normalized spacial score (nSPS) is 11.0. The predicted molar refractivity (Wildman–Crippen MR) is 95.8 cm³/mol. The van der Waals surface area contributed by atoms with Crippen molar-refractivity contribution in [3.8, 4) is 11.5 Å². The van der Waals surface area contributed by atoms with Gasteiger partial charge in [-0.3, -0.25) is 14.4 Å². The molecule has 0 spiro atoms. The summed E-state index contributed by atoms with van der Waals surface area (Å²) >= 11 is 0.539. The first-order valence-electron chi connectivity index (χ1n) is 7.27. The number of rotatable bonds is 7. The number of primary sulfonamides is 1. The molecule has 2 aromatic rings. The van der Waals surface area contributed by atoms with E-state index in [1.54, 1.807) is 0 Å². The number of primary amides is 1. The summed E-state index contributed by atoms with van der Waals surface area (Å²) in [6.07, 6.45) is -0.758. The number of carbonyl (C=O) groups is 3. The number of benzene rings is 1. The molecule has 0 aliphatic rings. The summed E-state index contributed by atoms with van der Waals surface area (Å²) in [4.78, 5) is 35.1. The molecule has 13 nitrogen and oxygen atoms in total. The topological polar surface area (TPSA) is 231 Å². The highest BCUT2D eigenvalue weighted by atomic mass is 32.2. The molecular formula is C13H14N6O7S2. The Bertz CT molecular complexity index is 1050. The summed E-state index contributed by atoms with van der Waals surface area (Å²) in [6.45, 7) is 0. The van der Waals surface area contributed by atoms with Crippen molar-refractivity contribution in [1.82, 2.24) is 10.2 Å². The zero-order valence-electron chi connectivity index (χ0n) is 13.9. The van der Waals surface area contributed by atoms with Gasteiger partial charge in [0.25, 0.3) is 15.9 Å². The maximum atomic E-state index is 11.9. The zero-order valence-corrected chi connectivity index (χ0v) is 15.5. The number of nitrogen functional groups attached to an aromatic ring is 1. The third-order valence-corrected chi connectivity index (χ3v) is 5.24. The molecule has 150 valence electrons. The summed E-state index contributed by atoms with van der Waals surface area (Å²) < 4.78 is 26.6. The maximum absolute atomic E-state index is 11.9. The molecule has 15 heteroatoms. The van der Waals surface area contributed by atoms with Crippen LogP contribution in [-0.2, 0) is 19.6 Å². The third-order valence-electron chi connectivity index (χ3n) is 3.09. The van der Waals surface area contributed by atoms with Crippen LogP contribution in [0.25, 0.3) is 0 Å². The molecule has 0 unspecified atom stereocenters. The lowest BCUT2D eigenvalue weighted by Crippen LogP contribution is -2.18. The van der Waals surface area contributed by atoms with Gasteiger partial charge in [-0.2, -0.15) is 0 Å². The van der Waals surface area contributed by atoms with Gasteiger partial charge in [0, 0.05) is 6.42 Å². The average molecular weight is 430 g/mol. The molecule has 0 bridgehead atoms. The zero-order chi connectivity index (χ0) is 21.1. The molecule has 0 saturated heterocycles. The molecular weight excluding hydrogens is 416 g/mol. The lowest BCUT2D eigenvalue weighted by molar-refractivity contribution is -0.135. The molecule has 8 N–H and O–H groups in total. The smallest absolute Gasteiger partial charge is 0.311 e. The van der Waals surface area contributed by atoms with E-state index < -0.39 is 49.9 Å². The second-order valence-electron chi connectivity index (χ2n) is 5.18. The minimum absolute atomic E-state index is 0.123. The Morgan fingerprint density at radius 1 is 1.21 bits per heavy atom. The van der Waals surface area contributed by atoms with Crippen molar-refractivity contribution in [2.45, 2.75) is 17.2 Å². The minimum atomic E-state index is -4.04. The highest BCUT2D eigenvalue weighted by Crippen LogP contribution is 2.32. The summed E-state index contributed by atoms with van der Waals surface area (Å²) in [5.74, 6) is -3.58. The molecule has 0 saturated carbocycles. The van der Waals surface area contributed by atoms with Gasteiger partial charge in [-0.25, -0.2) is 13.6 Å². The van der Waals surface area contributed by atoms with Gasteiger partial charge in [0.1, 0.15) is 11.3 Å². The first kappa shape index (κ1) is 21.0. The second-order valence-corrected chi connectivity index (χ2v) is 7.89. The molecule has 0 aliphatic carbocycles. The molecule has 2 amide bonds. The number of sulfonamides is 1. The van der Waals surface area contributed by atoms with Crippen molar-refractivity contribution in [3.63, 3.8) is 0 Å². The van der Waals surface area contributed by atoms with Crippen LogP contribution in [0.4, 0.5) is 10.8 Å². The number of esters is 1. The van der Waals surface area contributed by atoms with E-state index in [1.807, 2.05) is 0 Å². The van der Waals surface area contributed by atoms with E-state index in [0.717, 1.165) is 0 Å². The van der Waals surface area contributed by atoms with E-state index in [9.17, 15) is 27.9 Å². The molecule has 28 heavy (non-hydrogen) atoms. The van der Waals surface area contributed by atoms with Crippen LogP contribution in [0.1, 0.15) is 23.2 Å². The molecule has 2 rings (SSSR count). The number of nitrogens with two attached hydrogens (primary N) is 3. The minimum Gasteiger partial charge on any atom is -0.505 e. The molecule has 1 aromatic carbocycles. The number of amides is 2. The van der Waals surface area contributed by atoms with Gasteiger partial charge in [-0.15, -0.1) is 10.2 Å². The Balaban J connectivity index is 1.96. The lowest BCUT2D eigenvalue weighted by Gasteiger charge is -2.10. The van der Waals surface area contributed by atoms with Crippen molar-refractivity contribution in [1.29, 1.82) is 0 Å². The molecule has 1 heterocycles. The van der Waals surface area contributed by atoms with Crippen molar-refractivity contribution >= 4 is 50.0 Å². The maximum Gasteiger partial charge on any atom is 0.311 e. The van der Waals surface area contributed by atoms with Gasteiger partial charge in [0.15, 0.2) is 5.75 Å². The first-order chi connectivity index (χ1) is 13.0. The van der Waals surface area contributed by atoms with Crippen molar-refractivity contribution < 1.29 is 32.6 Å². The number of ether oxygens (including phenoxy) is 1. The largest absolute Gasteiger partial charge is 0.505 e. The van der Waals surface area contributed by atoms with E-state index in [-0.39, 0.29) is 23.0 Å². The van der Waals surface area contributed by atoms with E-state index in [1.165, 1.54) is 12.1 Å². The molecule has 0 aliphatic heterocycles. The first-order valence-corrected chi connectivity index (χ1v) is 9.63. The van der Waals surface area contributed by atoms with Crippen molar-refractivity contribution in [2.75, 3.05) is 11.1 Å². The van der Waals surface area contributed by atoms with Crippen LogP contribution in [-0.4, -0.2) is 41.5 Å². The summed E-state index contributed by atoms with van der Waals surface area (Å²) in [5.41, 5.74) is 9.97. The fraction of sp³-hybridized carbons (Fsp3) is 0.154. The summed E-state index contributed by atoms with van der Waals surface area (Å²) in [7, 11) is -4.04. The second kappa shape index (κ2) is 8.15. The number of hydrogen-bond acceptors (Lipinski definition) is 11. The SMILES string of the molecule is NC(=O)c1c(OC(=O)CCC(=O)Nc2nnc(S(N)(=O)=O)s2)ccc(N)c1O. The van der Waals surface area contributed by atoms with Crippen LogP contribution in [0.15, 0.2) is 16.5 Å². The fourth-order valence-electron chi connectivity index (χ4n) is 1.86. The average Bonchev–Trinajstić information content (AvgIpc) is 3.05. The quantitative estimate of drug-likeness (QED) is 0.117. The van der Waals surface area contributed by atoms with Gasteiger partial charge in [-0.05, 0) is 12.1 Å². The van der Waals surface area contributed by atoms with Crippen LogP contribution in [0.3, 0.4) is 0 Å². The number of nitrogens with one attached hydrogen (secondary N) is 1. The van der Waals surface area contributed by atoms with Crippen molar-refractivity contribution in [3.05, 3.63) is 17.7 Å². The number of hydrogen-bond donors (Lipinski definition) is 5. The van der Waals surface area contributed by atoms with E-state index in [2.05, 4.69) is 15.5 Å². The van der Waals surface area contributed by atoms with Crippen LogP contribution < -0.4 is 26.7 Å². The van der Waals surface area contributed by atoms with E-state index in [0.29, 0.717) is 11.3 Å². The summed E-state index contributed by atoms with van der Waals surface area (Å²) in [6, 6.07) is 2.37. The summed E-state index contributed by atoms with van der Waals surface area (Å²) in [5, 5.41) is 23.5. The Morgan fingerprint density at radius 3 is 2.46 bits per heavy atom. The Hall–Kier alpha value is -3.30. The monoisotopic (exact) mass is 430 g/mol. The van der Waals surface area contributed by atoms with Crippen molar-refractivity contribution in [2.24, 2.45) is 10.9 Å². The fourth-order valence-corrected chi connectivity index (χ4v) is 3.21. The van der Waals surface area contributed by atoms with Gasteiger partial charge < -0.3 is 26.6 Å². The van der Waals surface area contributed by atoms with Crippen LogP contribution in [0.5, 0.6) is 11.5 Å². The lowest BCUT2D eigenvalue weighted by atomic mass is 10.1. The molecule has 0 fully saturated rings. The van der Waals surface area contributed by atoms with E-state index in [4.69, 9.17) is 21.3 Å². The Labute approximate surface area is 161 Å². The Kier molecular flexibility index (Phi) is 6.12. The van der Waals surface area contributed by atoms with Crippen LogP contribution in [0, 0.1) is 0 Å². The van der Waals surface area contributed by atoms with Gasteiger partial charge in [0.05, 0.1) is 12.1 Å². The van der Waals surface area contributed by atoms with Gasteiger partial charge in [0.2, 0.25) is 15.4 Å². The predicted octanol–water partition coefficient (Wildman–Crippen LogP) is -1.10. The van der Waals surface area contributed by atoms with Gasteiger partial charge in [-0.1, -0.05) is 11.3 Å². The number of anilines is 2. The third kappa shape index (κ3) is 5.12.